The third-order valence-electron chi connectivity index (χ3n) is 9.39. The maximum absolute atomic E-state index is 14.8. The lowest BCUT2D eigenvalue weighted by atomic mass is 9.70. The summed E-state index contributed by atoms with van der Waals surface area (Å²) in [5, 5.41) is 9.35. The van der Waals surface area contributed by atoms with Crippen molar-refractivity contribution in [1.82, 2.24) is 9.80 Å². The quantitative estimate of drug-likeness (QED) is 0.150. The van der Waals surface area contributed by atoms with Crippen LogP contribution in [0.4, 0.5) is 11.4 Å². The molecule has 1 aromatic carbocycles. The number of ether oxygens (including phenoxy) is 1. The molecule has 9 nitrogen and oxygen atoms in total. The summed E-state index contributed by atoms with van der Waals surface area (Å²) in [7, 11) is 0. The van der Waals surface area contributed by atoms with Crippen LogP contribution < -0.4 is 9.80 Å². The average molecular weight is 674 g/mol. The van der Waals surface area contributed by atoms with E-state index >= 15 is 0 Å². The minimum atomic E-state index is -1.13. The zero-order chi connectivity index (χ0) is 32.0. The molecule has 3 heterocycles. The van der Waals surface area contributed by atoms with Crippen LogP contribution in [0.5, 0.6) is 0 Å². The largest absolute Gasteiger partial charge is 0.396 e. The highest BCUT2D eigenvalue weighted by Crippen LogP contribution is 2.60. The Labute approximate surface area is 271 Å². The van der Waals surface area contributed by atoms with Crippen LogP contribution in [0.1, 0.15) is 52.9 Å². The van der Waals surface area contributed by atoms with E-state index in [2.05, 4.69) is 47.8 Å². The summed E-state index contributed by atoms with van der Waals surface area (Å²) in [5.74, 6) is -1.99. The van der Waals surface area contributed by atoms with Gasteiger partial charge in [-0.1, -0.05) is 35.0 Å². The third-order valence-corrected chi connectivity index (χ3v) is 10.2. The Morgan fingerprint density at radius 1 is 1.05 bits per heavy atom. The van der Waals surface area contributed by atoms with E-state index in [1.807, 2.05) is 31.2 Å². The van der Waals surface area contributed by atoms with E-state index in [1.165, 1.54) is 0 Å². The van der Waals surface area contributed by atoms with Gasteiger partial charge in [0.1, 0.15) is 11.6 Å². The van der Waals surface area contributed by atoms with Gasteiger partial charge in [0, 0.05) is 62.1 Å². The summed E-state index contributed by atoms with van der Waals surface area (Å²) in [6, 6.07) is 7.02. The van der Waals surface area contributed by atoms with E-state index in [1.54, 1.807) is 26.9 Å². The van der Waals surface area contributed by atoms with Gasteiger partial charge in [-0.2, -0.15) is 0 Å². The predicted octanol–water partition coefficient (Wildman–Crippen LogP) is 4.39. The number of likely N-dealkylation sites (tertiary alicyclic amines) is 1. The van der Waals surface area contributed by atoms with Gasteiger partial charge in [0.15, 0.2) is 0 Å². The van der Waals surface area contributed by atoms with E-state index in [4.69, 9.17) is 4.74 Å². The molecule has 10 heteroatoms. The second kappa shape index (κ2) is 15.1. The monoisotopic (exact) mass is 672 g/mol. The van der Waals surface area contributed by atoms with Crippen LogP contribution in [0, 0.1) is 11.8 Å². The summed E-state index contributed by atoms with van der Waals surface area (Å²) in [6.45, 7) is 17.4. The Morgan fingerprint density at radius 2 is 1.70 bits per heavy atom. The maximum atomic E-state index is 14.8. The van der Waals surface area contributed by atoms with Crippen molar-refractivity contribution >= 4 is 45.0 Å². The van der Waals surface area contributed by atoms with Crippen molar-refractivity contribution in [3.63, 3.8) is 0 Å². The summed E-state index contributed by atoms with van der Waals surface area (Å²) in [6.07, 6.45) is 6.10. The van der Waals surface area contributed by atoms with Gasteiger partial charge in [0.05, 0.1) is 17.9 Å². The average Bonchev–Trinajstić information content (AvgIpc) is 3.61. The molecule has 0 aromatic heterocycles. The van der Waals surface area contributed by atoms with Crippen LogP contribution in [-0.2, 0) is 19.1 Å². The molecule has 3 saturated heterocycles. The highest BCUT2D eigenvalue weighted by atomic mass is 79.9. The lowest BCUT2D eigenvalue weighted by Crippen LogP contribution is -2.57. The first-order valence-electron chi connectivity index (χ1n) is 16.1. The Hall–Kier alpha value is -2.69. The molecular weight excluding hydrogens is 624 g/mol. The van der Waals surface area contributed by atoms with Crippen LogP contribution in [0.2, 0.25) is 0 Å². The summed E-state index contributed by atoms with van der Waals surface area (Å²) >= 11 is 3.78. The number of aliphatic hydroxyl groups excluding tert-OH is 1. The number of fused-ring (bicyclic) bond motifs is 1. The summed E-state index contributed by atoms with van der Waals surface area (Å²) in [4.78, 5) is 50.5. The van der Waals surface area contributed by atoms with Crippen molar-refractivity contribution in [3.05, 3.63) is 49.6 Å². The van der Waals surface area contributed by atoms with Crippen LogP contribution in [0.15, 0.2) is 49.6 Å². The van der Waals surface area contributed by atoms with Gasteiger partial charge in [-0.25, -0.2) is 0 Å². The van der Waals surface area contributed by atoms with Gasteiger partial charge in [-0.15, -0.1) is 13.2 Å². The fourth-order valence-corrected chi connectivity index (χ4v) is 8.40. The predicted molar refractivity (Wildman–Crippen MR) is 178 cm³/mol. The minimum absolute atomic E-state index is 0.0721. The highest BCUT2D eigenvalue weighted by molar-refractivity contribution is 9.09. The first-order valence-corrected chi connectivity index (χ1v) is 17.1. The van der Waals surface area contributed by atoms with E-state index in [0.29, 0.717) is 44.6 Å². The van der Waals surface area contributed by atoms with E-state index in [-0.39, 0.29) is 35.7 Å². The smallest absolute Gasteiger partial charge is 0.253 e. The fourth-order valence-electron chi connectivity index (χ4n) is 7.46. The number of benzene rings is 1. The van der Waals surface area contributed by atoms with Crippen LogP contribution >= 0.6 is 15.9 Å². The molecular formula is C34H49BrN4O5. The van der Waals surface area contributed by atoms with Gasteiger partial charge >= 0.3 is 0 Å². The number of aliphatic hydroxyl groups is 1. The lowest BCUT2D eigenvalue weighted by Gasteiger charge is -2.37. The van der Waals surface area contributed by atoms with E-state index < -0.39 is 29.6 Å². The molecule has 3 aliphatic rings. The van der Waals surface area contributed by atoms with Crippen molar-refractivity contribution in [2.45, 2.75) is 75.4 Å². The van der Waals surface area contributed by atoms with Crippen LogP contribution in [0.25, 0.3) is 0 Å². The summed E-state index contributed by atoms with van der Waals surface area (Å²) in [5.41, 5.74) is 0.660. The van der Waals surface area contributed by atoms with Crippen molar-refractivity contribution in [3.8, 4) is 0 Å². The fraction of sp³-hybridized carbons (Fsp3) is 0.618. The van der Waals surface area contributed by atoms with Gasteiger partial charge in [0.25, 0.3) is 5.91 Å². The molecule has 0 aliphatic carbocycles. The van der Waals surface area contributed by atoms with Crippen molar-refractivity contribution in [2.75, 3.05) is 55.7 Å². The molecule has 0 saturated carbocycles. The molecule has 1 aromatic rings. The first kappa shape index (κ1) is 34.2. The van der Waals surface area contributed by atoms with Gasteiger partial charge in [-0.05, 0) is 70.2 Å². The second-order valence-corrected chi connectivity index (χ2v) is 13.2. The molecule has 2 bridgehead atoms. The molecule has 0 radical (unpaired) electrons. The topological polar surface area (TPSA) is 93.6 Å². The molecule has 242 valence electrons. The Balaban J connectivity index is 1.75. The first-order chi connectivity index (χ1) is 21.2. The third kappa shape index (κ3) is 6.22. The summed E-state index contributed by atoms with van der Waals surface area (Å²) < 4.78 is 6.74. The molecule has 3 aliphatic heterocycles. The van der Waals surface area contributed by atoms with Gasteiger partial charge in [-0.3, -0.25) is 14.4 Å². The van der Waals surface area contributed by atoms with Crippen LogP contribution in [-0.4, -0.2) is 101 Å². The van der Waals surface area contributed by atoms with Crippen molar-refractivity contribution in [1.29, 1.82) is 0 Å². The number of hydrogen-bond acceptors (Lipinski definition) is 6. The number of anilines is 2. The zero-order valence-corrected chi connectivity index (χ0v) is 28.1. The molecule has 4 rings (SSSR count). The number of nitrogens with zero attached hydrogens (tertiary/aromatic N) is 4. The van der Waals surface area contributed by atoms with Gasteiger partial charge < -0.3 is 29.4 Å². The second-order valence-electron chi connectivity index (χ2n) is 12.0. The van der Waals surface area contributed by atoms with E-state index in [0.717, 1.165) is 31.6 Å². The minimum Gasteiger partial charge on any atom is -0.396 e. The molecule has 3 fully saturated rings. The molecule has 1 N–H and O–H groups in total. The standard InChI is InChI=1S/C34H49BrN4O5/c1-6-18-37(19-7-2)31(41)27-28-32(42)39(21-12-11-13-22-40)30(34(28)23-26(35)29(27)44-34)33(43)38(20-8-3)25-16-14-24(15-17-25)36(9-4)10-5/h6,8,14-17,26-30,40H,1,3,7,9-13,18-23H2,2,4-5H3/t26?,27-,28+,29-,30?,34?/m1/s1. The van der Waals surface area contributed by atoms with Crippen molar-refractivity contribution < 1.29 is 24.2 Å². The number of unbranched alkanes of at least 4 members (excludes halogenated alkanes) is 2. The van der Waals surface area contributed by atoms with Gasteiger partial charge in [0.2, 0.25) is 11.8 Å². The zero-order valence-electron chi connectivity index (χ0n) is 26.5. The number of hydrogen-bond donors (Lipinski definition) is 1. The number of carbonyl (C=O) groups excluding carboxylic acids is 3. The molecule has 44 heavy (non-hydrogen) atoms. The number of alkyl halides is 1. The molecule has 6 atom stereocenters. The number of carbonyl (C=O) groups is 3. The molecule has 1 spiro atoms. The Kier molecular flexibility index (Phi) is 11.7. The number of halogens is 1. The highest BCUT2D eigenvalue weighted by Gasteiger charge is 2.76. The SMILES string of the molecule is C=CCN(CCC)C(=O)[C@H]1[C@@H]2OC3(CC2Br)C(C(=O)N(CC=C)c2ccc(N(CC)CC)cc2)N(CCCCCO)C(=O)[C@H]13. The maximum Gasteiger partial charge on any atom is 0.253 e. The Bertz CT molecular complexity index is 1190. The number of rotatable bonds is 17. The Morgan fingerprint density at radius 3 is 2.30 bits per heavy atom. The van der Waals surface area contributed by atoms with Crippen LogP contribution in [0.3, 0.4) is 0 Å². The molecule has 3 amide bonds. The normalized spacial score (nSPS) is 26.9. The van der Waals surface area contributed by atoms with Crippen molar-refractivity contribution in [2.24, 2.45) is 11.8 Å². The number of amides is 3. The lowest BCUT2D eigenvalue weighted by molar-refractivity contribution is -0.145. The molecule has 3 unspecified atom stereocenters. The van der Waals surface area contributed by atoms with E-state index in [9.17, 15) is 19.5 Å².